The average Bonchev–Trinajstić information content (AvgIpc) is 3.82. The largest absolute Gasteiger partial charge is 0.458 e. The highest BCUT2D eigenvalue weighted by Crippen LogP contribution is 2.37. The molecule has 0 saturated heterocycles. The molecule has 0 unspecified atom stereocenters. The summed E-state index contributed by atoms with van der Waals surface area (Å²) in [6, 6.07) is 28.8. The van der Waals surface area contributed by atoms with Gasteiger partial charge >= 0.3 is 0 Å². The lowest BCUT2D eigenvalue weighted by atomic mass is 9.92. The van der Waals surface area contributed by atoms with Crippen LogP contribution in [0.4, 0.5) is 0 Å². The van der Waals surface area contributed by atoms with Crippen LogP contribution in [0.1, 0.15) is 40.3 Å². The number of aryl methyl sites for hydroxylation is 6. The second-order valence-corrected chi connectivity index (χ2v) is 14.8. The number of rotatable bonds is 5. The van der Waals surface area contributed by atoms with E-state index in [0.29, 0.717) is 11.5 Å². The van der Waals surface area contributed by atoms with Crippen molar-refractivity contribution in [3.8, 4) is 28.0 Å². The van der Waals surface area contributed by atoms with Crippen LogP contribution in [0, 0.1) is 41.5 Å². The third kappa shape index (κ3) is 5.30. The van der Waals surface area contributed by atoms with E-state index in [1.807, 2.05) is 36.9 Å². The van der Waals surface area contributed by atoms with Crippen LogP contribution in [0.3, 0.4) is 0 Å². The number of nitrogens with zero attached hydrogens (tertiary/aromatic N) is 4. The normalized spacial score (nSPS) is 12.6. The van der Waals surface area contributed by atoms with E-state index < -0.39 is 0 Å². The molecule has 5 heteroatoms. The molecule has 0 spiro atoms. The number of aromatic nitrogens is 4. The van der Waals surface area contributed by atoms with E-state index in [4.69, 9.17) is 14.7 Å². The van der Waals surface area contributed by atoms with Gasteiger partial charge in [0, 0.05) is 46.2 Å². The van der Waals surface area contributed by atoms with E-state index >= 15 is 0 Å². The number of allylic oxidation sites excluding steroid dienone is 1. The molecule has 0 fully saturated rings. The number of hydrogen-bond donors (Lipinski definition) is 0. The molecule has 5 aromatic carbocycles. The number of imidazole rings is 2. The maximum atomic E-state index is 6.53. The number of hydrogen-bond acceptors (Lipinski definition) is 3. The van der Waals surface area contributed by atoms with Crippen LogP contribution < -0.4 is 15.2 Å². The number of pyridine rings is 2. The Morgan fingerprint density at radius 2 is 1.11 bits per heavy atom. The minimum absolute atomic E-state index is 0.524. The molecule has 0 N–H and O–H groups in total. The Kier molecular flexibility index (Phi) is 7.79. The lowest BCUT2D eigenvalue weighted by Crippen LogP contribution is -2.29. The minimum Gasteiger partial charge on any atom is -0.458 e. The van der Waals surface area contributed by atoms with Crippen molar-refractivity contribution in [3.63, 3.8) is 0 Å². The van der Waals surface area contributed by atoms with Gasteiger partial charge in [0.1, 0.15) is 22.8 Å². The van der Waals surface area contributed by atoms with Crippen molar-refractivity contribution in [2.24, 2.45) is 0 Å². The van der Waals surface area contributed by atoms with Crippen molar-refractivity contribution in [1.29, 1.82) is 0 Å². The molecular weight excluding hydrogens is 661 g/mol. The van der Waals surface area contributed by atoms with Gasteiger partial charge in [0.2, 0.25) is 0 Å². The highest BCUT2D eigenvalue weighted by Gasteiger charge is 2.15. The Bertz CT molecular complexity index is 3130. The summed E-state index contributed by atoms with van der Waals surface area (Å²) in [5.41, 5.74) is 16.6. The maximum Gasteiger partial charge on any atom is 0.145 e. The van der Waals surface area contributed by atoms with Crippen LogP contribution in [0.5, 0.6) is 5.75 Å². The second-order valence-electron chi connectivity index (χ2n) is 14.8. The molecule has 0 aliphatic rings. The molecular formula is C49H42N4O. The third-order valence-corrected chi connectivity index (χ3v) is 10.9. The Morgan fingerprint density at radius 3 is 1.70 bits per heavy atom. The topological polar surface area (TPSA) is 43.8 Å². The lowest BCUT2D eigenvalue weighted by molar-refractivity contribution is 0.456. The van der Waals surface area contributed by atoms with E-state index in [0.717, 1.165) is 48.9 Å². The second kappa shape index (κ2) is 12.6. The van der Waals surface area contributed by atoms with Crippen molar-refractivity contribution in [1.82, 2.24) is 18.8 Å². The summed E-state index contributed by atoms with van der Waals surface area (Å²) in [4.78, 5) is 9.59. The number of fused-ring (bicyclic) bond motifs is 9. The summed E-state index contributed by atoms with van der Waals surface area (Å²) in [5, 5.41) is 6.52. The molecule has 0 aliphatic carbocycles. The summed E-state index contributed by atoms with van der Waals surface area (Å²) >= 11 is 0. The first-order chi connectivity index (χ1) is 26.1. The highest BCUT2D eigenvalue weighted by molar-refractivity contribution is 6.13. The van der Waals surface area contributed by atoms with Crippen molar-refractivity contribution < 1.29 is 4.74 Å². The number of benzene rings is 5. The fourth-order valence-corrected chi connectivity index (χ4v) is 8.97. The van der Waals surface area contributed by atoms with Gasteiger partial charge < -0.3 is 4.74 Å². The molecule has 0 radical (unpaired) electrons. The quantitative estimate of drug-likeness (QED) is 0.132. The van der Waals surface area contributed by atoms with E-state index in [2.05, 4.69) is 143 Å². The van der Waals surface area contributed by atoms with Gasteiger partial charge in [-0.2, -0.15) is 0 Å². The average molecular weight is 703 g/mol. The van der Waals surface area contributed by atoms with Crippen LogP contribution in [0.25, 0.3) is 78.3 Å². The molecule has 0 aliphatic heterocycles. The summed E-state index contributed by atoms with van der Waals surface area (Å²) in [6.45, 7) is 19.6. The minimum atomic E-state index is 0.524. The zero-order valence-electron chi connectivity index (χ0n) is 31.9. The molecule has 54 heavy (non-hydrogen) atoms. The summed E-state index contributed by atoms with van der Waals surface area (Å²) < 4.78 is 10.9. The molecule has 4 aromatic heterocycles. The zero-order valence-corrected chi connectivity index (χ0v) is 31.9. The van der Waals surface area contributed by atoms with Gasteiger partial charge in [-0.1, -0.05) is 60.2 Å². The van der Waals surface area contributed by atoms with E-state index in [-0.39, 0.29) is 0 Å². The van der Waals surface area contributed by atoms with Crippen LogP contribution in [-0.2, 0) is 0 Å². The van der Waals surface area contributed by atoms with Crippen molar-refractivity contribution in [3.05, 3.63) is 160 Å². The standard InChI is InChI=1S/C49H42N4O/c1-9-38-40-25-35(46-30(4)20-28(2)21-31(46)5)10-14-44(40)52-18-16-50-48(52)42(38)24-34(8)54-37-12-13-39-41-26-36(47-32(6)22-29(3)23-33(47)7)11-15-45(41)53-19-17-51-49(53)43(39)27-37/h9-27H,8H2,1-7H3/b38-9-,42-24+. The molecule has 0 bridgehead atoms. The molecule has 0 atom stereocenters. The molecule has 264 valence electrons. The predicted octanol–water partition coefficient (Wildman–Crippen LogP) is 10.8. The van der Waals surface area contributed by atoms with Crippen molar-refractivity contribution in [2.45, 2.75) is 48.5 Å². The zero-order chi connectivity index (χ0) is 37.4. The van der Waals surface area contributed by atoms with Crippen LogP contribution in [-0.4, -0.2) is 18.8 Å². The fraction of sp³-hybridized carbons (Fsp3) is 0.143. The molecule has 0 saturated carbocycles. The van der Waals surface area contributed by atoms with Crippen molar-refractivity contribution >= 4 is 56.0 Å². The molecule has 5 nitrogen and oxygen atoms in total. The van der Waals surface area contributed by atoms with Crippen LogP contribution >= 0.6 is 0 Å². The molecule has 9 rings (SSSR count). The van der Waals surface area contributed by atoms with Gasteiger partial charge in [-0.15, -0.1) is 0 Å². The van der Waals surface area contributed by atoms with Gasteiger partial charge in [-0.3, -0.25) is 8.80 Å². The summed E-state index contributed by atoms with van der Waals surface area (Å²) in [7, 11) is 0. The first-order valence-electron chi connectivity index (χ1n) is 18.5. The Labute approximate surface area is 314 Å². The highest BCUT2D eigenvalue weighted by atomic mass is 16.5. The maximum absolute atomic E-state index is 6.53. The van der Waals surface area contributed by atoms with Crippen molar-refractivity contribution in [2.75, 3.05) is 0 Å². The van der Waals surface area contributed by atoms with Crippen LogP contribution in [0.2, 0.25) is 0 Å². The van der Waals surface area contributed by atoms with Gasteiger partial charge in [0.05, 0.1) is 11.0 Å². The number of ether oxygens (including phenoxy) is 1. The van der Waals surface area contributed by atoms with Gasteiger partial charge in [0.25, 0.3) is 0 Å². The smallest absolute Gasteiger partial charge is 0.145 e. The lowest BCUT2D eigenvalue weighted by Gasteiger charge is -2.15. The predicted molar refractivity (Wildman–Crippen MR) is 226 cm³/mol. The van der Waals surface area contributed by atoms with Gasteiger partial charge in [-0.25, -0.2) is 9.97 Å². The third-order valence-electron chi connectivity index (χ3n) is 10.9. The molecule has 0 amide bonds. The van der Waals surface area contributed by atoms with E-state index in [1.54, 1.807) is 0 Å². The first kappa shape index (κ1) is 33.4. The Balaban J connectivity index is 1.16. The van der Waals surface area contributed by atoms with Gasteiger partial charge in [0.15, 0.2) is 0 Å². The summed E-state index contributed by atoms with van der Waals surface area (Å²) in [6.07, 6.45) is 12.0. The Morgan fingerprint density at radius 1 is 0.574 bits per heavy atom. The first-order valence-corrected chi connectivity index (χ1v) is 18.5. The fourth-order valence-electron chi connectivity index (χ4n) is 8.97. The summed E-state index contributed by atoms with van der Waals surface area (Å²) in [5.74, 6) is 1.22. The Hall–Kier alpha value is -6.46. The molecule has 9 aromatic rings. The van der Waals surface area contributed by atoms with Crippen LogP contribution in [0.15, 0.2) is 116 Å². The SMILES string of the molecule is C=C(/C=c1\c(=C/C)c2cc(-c3c(C)cc(C)cc3C)ccc2n2ccnc12)Oc1ccc2c3cc(-c4c(C)cc(C)cc4C)ccc3n3ccnc3c2c1. The monoisotopic (exact) mass is 702 g/mol. The van der Waals surface area contributed by atoms with Gasteiger partial charge in [-0.05, 0) is 152 Å². The van der Waals surface area contributed by atoms with E-state index in [9.17, 15) is 0 Å². The molecule has 4 heterocycles. The van der Waals surface area contributed by atoms with E-state index in [1.165, 1.54) is 61.0 Å².